The van der Waals surface area contributed by atoms with Gasteiger partial charge < -0.3 is 9.80 Å². The van der Waals surface area contributed by atoms with Crippen molar-refractivity contribution < 1.29 is 15.8 Å². The van der Waals surface area contributed by atoms with Crippen LogP contribution in [0.25, 0.3) is 0 Å². The molecule has 0 radical (unpaired) electrons. The van der Waals surface area contributed by atoms with Gasteiger partial charge in [0.15, 0.2) is 0 Å². The van der Waals surface area contributed by atoms with Gasteiger partial charge in [-0.15, -0.1) is 0 Å². The number of carbonyl (C=O) groups excluding carboxylic acids is 1. The summed E-state index contributed by atoms with van der Waals surface area (Å²) >= 11 is 0. The first-order valence-electron chi connectivity index (χ1n) is 12.0. The van der Waals surface area contributed by atoms with E-state index in [0.29, 0.717) is 6.54 Å². The van der Waals surface area contributed by atoms with Crippen LogP contribution in [0.2, 0.25) is 0 Å². The Bertz CT molecular complexity index is 944. The van der Waals surface area contributed by atoms with Crippen molar-refractivity contribution >= 4 is 5.91 Å². The molecule has 3 saturated heterocycles. The van der Waals surface area contributed by atoms with Crippen LogP contribution >= 0.6 is 0 Å². The van der Waals surface area contributed by atoms with E-state index in [1.54, 1.807) is 0 Å². The lowest BCUT2D eigenvalue weighted by atomic mass is 9.75. The highest BCUT2D eigenvalue weighted by atomic mass is 16.2. The van der Waals surface area contributed by atoms with Gasteiger partial charge in [-0.3, -0.25) is 4.79 Å². The third-order valence-electron chi connectivity index (χ3n) is 5.36. The van der Waals surface area contributed by atoms with E-state index in [-0.39, 0.29) is 22.6 Å². The molecule has 1 aliphatic carbocycles. The third kappa shape index (κ3) is 1.81. The molecule has 2 bridgehead atoms. The number of aryl methyl sites for hydroxylation is 1. The Balaban J connectivity index is 1.74. The number of rotatable bonds is 1. The van der Waals surface area contributed by atoms with E-state index in [1.807, 2.05) is 0 Å². The topological polar surface area (TPSA) is 23.6 Å². The van der Waals surface area contributed by atoms with Gasteiger partial charge in [0.1, 0.15) is 0 Å². The summed E-state index contributed by atoms with van der Waals surface area (Å²) in [6, 6.07) is 2.95. The molecule has 0 N–H and O–H groups in total. The van der Waals surface area contributed by atoms with Crippen molar-refractivity contribution in [2.45, 2.75) is 43.9 Å². The van der Waals surface area contributed by atoms with Gasteiger partial charge >= 0.3 is 0 Å². The Morgan fingerprint density at radius 3 is 2.86 bits per heavy atom. The molecular weight excluding hydrogens is 272 g/mol. The number of hydrogen-bond donors (Lipinski definition) is 0. The van der Waals surface area contributed by atoms with E-state index in [0.717, 1.165) is 25.9 Å². The number of carbonyl (C=O) groups is 1. The first kappa shape index (κ1) is 7.48. The van der Waals surface area contributed by atoms with Crippen molar-refractivity contribution in [3.63, 3.8) is 0 Å². The zero-order valence-electron chi connectivity index (χ0n) is 20.4. The second-order valence-electron chi connectivity index (χ2n) is 6.51. The summed E-state index contributed by atoms with van der Waals surface area (Å²) in [7, 11) is 0. The summed E-state index contributed by atoms with van der Waals surface area (Å²) in [5.74, 6) is -2.80. The second kappa shape index (κ2) is 4.82. The molecule has 4 heterocycles. The number of fused-ring (bicyclic) bond motifs is 3. The normalized spacial score (nSPS) is 55.3. The average Bonchev–Trinajstić information content (AvgIpc) is 2.69. The van der Waals surface area contributed by atoms with Gasteiger partial charge in [0.2, 0.25) is 0 Å². The summed E-state index contributed by atoms with van der Waals surface area (Å²) < 4.78 is 68.9. The maximum absolute atomic E-state index is 13.5. The number of nitrogens with zero attached hydrogens (tertiary/aromatic N) is 2. The highest BCUT2D eigenvalue weighted by Gasteiger charge is 2.43. The molecule has 2 atom stereocenters. The van der Waals surface area contributed by atoms with Gasteiger partial charge in [-0.05, 0) is 68.2 Å². The molecule has 0 aromatic heterocycles. The summed E-state index contributed by atoms with van der Waals surface area (Å²) in [4.78, 5) is 16.9. The molecule has 0 spiro atoms. The highest BCUT2D eigenvalue weighted by Crippen LogP contribution is 2.41. The van der Waals surface area contributed by atoms with Crippen LogP contribution in [0, 0.1) is 5.92 Å². The minimum atomic E-state index is -3.00. The molecule has 1 aromatic carbocycles. The minimum Gasteiger partial charge on any atom is -0.333 e. The summed E-state index contributed by atoms with van der Waals surface area (Å²) in [6.45, 7) is 1.56. The molecule has 4 aliphatic heterocycles. The van der Waals surface area contributed by atoms with E-state index < -0.39 is 43.5 Å². The van der Waals surface area contributed by atoms with Crippen LogP contribution in [-0.4, -0.2) is 47.9 Å². The largest absolute Gasteiger partial charge is 0.333 e. The van der Waals surface area contributed by atoms with Crippen molar-refractivity contribution in [3.8, 4) is 0 Å². The number of benzene rings is 1. The fourth-order valence-electron chi connectivity index (χ4n) is 4.21. The van der Waals surface area contributed by atoms with E-state index in [2.05, 4.69) is 4.90 Å². The predicted molar refractivity (Wildman–Crippen MR) is 86.1 cm³/mol. The molecule has 1 amide bonds. The predicted octanol–water partition coefficient (Wildman–Crippen LogP) is 2.66. The maximum atomic E-state index is 13.5. The van der Waals surface area contributed by atoms with Gasteiger partial charge in [-0.2, -0.15) is 0 Å². The summed E-state index contributed by atoms with van der Waals surface area (Å²) in [5, 5.41) is 0. The second-order valence-corrected chi connectivity index (χ2v) is 6.51. The molecule has 1 aromatic rings. The molecule has 5 aliphatic rings. The van der Waals surface area contributed by atoms with Crippen molar-refractivity contribution in [3.05, 3.63) is 34.9 Å². The van der Waals surface area contributed by atoms with Gasteiger partial charge in [-0.25, -0.2) is 0 Å². The van der Waals surface area contributed by atoms with Crippen LogP contribution in [0.3, 0.4) is 0 Å². The molecule has 3 nitrogen and oxygen atoms in total. The average molecular weight is 304 g/mol. The Morgan fingerprint density at radius 2 is 2.09 bits per heavy atom. The summed E-state index contributed by atoms with van der Waals surface area (Å²) in [5.41, 5.74) is -0.197. The quantitative estimate of drug-likeness (QED) is 0.796. The van der Waals surface area contributed by atoms with Crippen molar-refractivity contribution in [2.24, 2.45) is 5.92 Å². The zero-order valence-corrected chi connectivity index (χ0v) is 12.4. The van der Waals surface area contributed by atoms with Crippen LogP contribution in [0.15, 0.2) is 18.2 Å². The highest BCUT2D eigenvalue weighted by molar-refractivity contribution is 5.97. The SMILES string of the molecule is [2H]C1([2H])c2cccc3c2[C@@]([2H])(CN([C@]2([2H])CN4CCC2CC4)C3=O)C([2H])([2H])C1([2H])[2H]. The Kier molecular flexibility index (Phi) is 1.64. The first-order chi connectivity index (χ1) is 13.8. The molecule has 22 heavy (non-hydrogen) atoms. The van der Waals surface area contributed by atoms with Gasteiger partial charge in [0, 0.05) is 40.2 Å². The Labute approximate surface area is 143 Å². The van der Waals surface area contributed by atoms with Crippen molar-refractivity contribution in [1.82, 2.24) is 9.80 Å². The molecule has 3 heteroatoms. The van der Waals surface area contributed by atoms with Crippen LogP contribution in [0.1, 0.15) is 63.9 Å². The molecule has 3 fully saturated rings. The van der Waals surface area contributed by atoms with E-state index >= 15 is 0 Å². The van der Waals surface area contributed by atoms with Gasteiger partial charge in [-0.1, -0.05) is 12.1 Å². The minimum absolute atomic E-state index is 0.0140. The van der Waals surface area contributed by atoms with Crippen molar-refractivity contribution in [1.29, 1.82) is 0 Å². The molecule has 0 saturated carbocycles. The monoisotopic (exact) mass is 304 g/mol. The van der Waals surface area contributed by atoms with E-state index in [4.69, 9.17) is 9.60 Å². The lowest BCUT2D eigenvalue weighted by molar-refractivity contribution is 0.00258. The maximum Gasteiger partial charge on any atom is 0.254 e. The molecule has 0 unspecified atom stereocenters. The summed E-state index contributed by atoms with van der Waals surface area (Å²) in [6.07, 6.45) is -7.12. The number of piperidine rings is 3. The van der Waals surface area contributed by atoms with Gasteiger partial charge in [0.05, 0.1) is 1.37 Å². The Morgan fingerprint density at radius 1 is 1.23 bits per heavy atom. The van der Waals surface area contributed by atoms with Gasteiger partial charge in [0.25, 0.3) is 5.91 Å². The van der Waals surface area contributed by atoms with E-state index in [9.17, 15) is 6.17 Å². The Hall–Kier alpha value is -1.35. The smallest absolute Gasteiger partial charge is 0.254 e. The van der Waals surface area contributed by atoms with Crippen molar-refractivity contribution in [2.75, 3.05) is 26.2 Å². The lowest BCUT2D eigenvalue weighted by Gasteiger charge is -2.51. The number of amides is 1. The fourth-order valence-corrected chi connectivity index (χ4v) is 4.21. The van der Waals surface area contributed by atoms with Crippen LogP contribution in [0.4, 0.5) is 0 Å². The molecule has 116 valence electrons. The molecule has 6 rings (SSSR count). The van der Waals surface area contributed by atoms with Crippen LogP contribution in [-0.2, 0) is 6.37 Å². The lowest BCUT2D eigenvalue weighted by Crippen LogP contribution is -2.60. The van der Waals surface area contributed by atoms with Crippen LogP contribution in [0.5, 0.6) is 0 Å². The zero-order chi connectivity index (χ0) is 21.9. The standard InChI is InChI=1S/C19H24N2O/c22-19-16-6-2-4-14-3-1-5-15(18(14)16)11-21(19)17-12-20-9-7-13(17)8-10-20/h2,4,6,13,15,17H,1,3,5,7-12H2/t15-,17-/m1/s1/i1D2,3D2,5D2,15D,17D. The third-order valence-corrected chi connectivity index (χ3v) is 5.36. The first-order valence-corrected chi connectivity index (χ1v) is 7.97. The number of hydrogen-bond acceptors (Lipinski definition) is 2. The van der Waals surface area contributed by atoms with E-state index in [1.165, 1.54) is 23.1 Å². The fraction of sp³-hybridized carbons (Fsp3) is 0.632. The molecular formula is C19H24N2O. The van der Waals surface area contributed by atoms with Crippen LogP contribution < -0.4 is 0 Å².